The molecule has 0 aliphatic carbocycles. The minimum Gasteiger partial charge on any atom is -0.493 e. The molecule has 1 fully saturated rings. The standard InChI is InChI=1S/C20H27N5O2/c1-23-20(17(10-21)11-22)24-12-16-5-4-8-25(14-16)13-15-6-7-18(26-2)19(9-15)27-3/h6-7,9,16,23-24H,4-5,8,12-14H2,1-3H3. The molecule has 1 aromatic carbocycles. The lowest BCUT2D eigenvalue weighted by Crippen LogP contribution is -2.40. The summed E-state index contributed by atoms with van der Waals surface area (Å²) in [6.07, 6.45) is 2.25. The topological polar surface area (TPSA) is 93.3 Å². The molecule has 2 N–H and O–H groups in total. The molecule has 1 atom stereocenters. The van der Waals surface area contributed by atoms with Gasteiger partial charge in [0.1, 0.15) is 18.0 Å². The van der Waals surface area contributed by atoms with E-state index >= 15 is 0 Å². The van der Waals surface area contributed by atoms with Crippen molar-refractivity contribution in [2.45, 2.75) is 19.4 Å². The maximum atomic E-state index is 9.01. The normalized spacial score (nSPS) is 16.6. The van der Waals surface area contributed by atoms with Crippen molar-refractivity contribution in [3.05, 3.63) is 35.2 Å². The van der Waals surface area contributed by atoms with E-state index in [0.717, 1.165) is 50.5 Å². The average molecular weight is 369 g/mol. The molecule has 144 valence electrons. The molecule has 1 aliphatic heterocycles. The van der Waals surface area contributed by atoms with Crippen molar-refractivity contribution in [3.8, 4) is 23.6 Å². The third-order valence-corrected chi connectivity index (χ3v) is 4.75. The predicted octanol–water partition coefficient (Wildman–Crippen LogP) is 1.98. The monoisotopic (exact) mass is 369 g/mol. The van der Waals surface area contributed by atoms with Gasteiger partial charge in [0.25, 0.3) is 0 Å². The summed E-state index contributed by atoms with van der Waals surface area (Å²) in [4.78, 5) is 2.43. The minimum absolute atomic E-state index is 0.0792. The lowest BCUT2D eigenvalue weighted by molar-refractivity contribution is 0.166. The molecule has 1 aliphatic rings. The van der Waals surface area contributed by atoms with Gasteiger partial charge in [0.15, 0.2) is 17.1 Å². The molecule has 0 amide bonds. The van der Waals surface area contributed by atoms with Crippen LogP contribution in [-0.4, -0.2) is 45.8 Å². The van der Waals surface area contributed by atoms with Crippen molar-refractivity contribution in [2.24, 2.45) is 5.92 Å². The highest BCUT2D eigenvalue weighted by molar-refractivity contribution is 5.43. The van der Waals surface area contributed by atoms with Gasteiger partial charge < -0.3 is 20.1 Å². The van der Waals surface area contributed by atoms with Crippen LogP contribution >= 0.6 is 0 Å². The third-order valence-electron chi connectivity index (χ3n) is 4.75. The summed E-state index contributed by atoms with van der Waals surface area (Å²) >= 11 is 0. The first-order valence-electron chi connectivity index (χ1n) is 9.04. The number of piperidine rings is 1. The van der Waals surface area contributed by atoms with E-state index in [2.05, 4.69) is 21.6 Å². The molecule has 1 aromatic rings. The number of likely N-dealkylation sites (tertiary alicyclic amines) is 1. The van der Waals surface area contributed by atoms with Crippen LogP contribution in [0.15, 0.2) is 29.6 Å². The van der Waals surface area contributed by atoms with Crippen LogP contribution < -0.4 is 20.1 Å². The summed E-state index contributed by atoms with van der Waals surface area (Å²) in [5.41, 5.74) is 1.27. The van der Waals surface area contributed by atoms with E-state index in [1.54, 1.807) is 21.3 Å². The number of benzene rings is 1. The van der Waals surface area contributed by atoms with Crippen LogP contribution in [0, 0.1) is 28.6 Å². The molecule has 7 nitrogen and oxygen atoms in total. The summed E-state index contributed by atoms with van der Waals surface area (Å²) < 4.78 is 10.7. The van der Waals surface area contributed by atoms with E-state index in [9.17, 15) is 0 Å². The Kier molecular flexibility index (Phi) is 7.79. The van der Waals surface area contributed by atoms with E-state index < -0.39 is 0 Å². The smallest absolute Gasteiger partial charge is 0.169 e. The number of methoxy groups -OCH3 is 2. The summed E-state index contributed by atoms with van der Waals surface area (Å²) in [7, 11) is 4.99. The Labute approximate surface area is 161 Å². The van der Waals surface area contributed by atoms with Crippen LogP contribution in [0.2, 0.25) is 0 Å². The SMILES string of the molecule is CNC(NCC1CCCN(Cc2ccc(OC)c(OC)c2)C1)=C(C#N)C#N. The Morgan fingerprint density at radius 3 is 2.59 bits per heavy atom. The zero-order valence-corrected chi connectivity index (χ0v) is 16.2. The Morgan fingerprint density at radius 2 is 1.96 bits per heavy atom. The van der Waals surface area contributed by atoms with Gasteiger partial charge in [-0.1, -0.05) is 6.07 Å². The largest absolute Gasteiger partial charge is 0.493 e. The minimum atomic E-state index is 0.0792. The molecule has 0 bridgehead atoms. The highest BCUT2D eigenvalue weighted by Crippen LogP contribution is 2.28. The molecule has 2 rings (SSSR count). The molecule has 0 aromatic heterocycles. The average Bonchev–Trinajstić information content (AvgIpc) is 2.71. The lowest BCUT2D eigenvalue weighted by atomic mass is 9.97. The first kappa shape index (κ1) is 20.4. The second kappa shape index (κ2) is 10.3. The maximum Gasteiger partial charge on any atom is 0.169 e. The van der Waals surface area contributed by atoms with Gasteiger partial charge in [0.2, 0.25) is 0 Å². The fourth-order valence-electron chi connectivity index (χ4n) is 3.38. The Morgan fingerprint density at radius 1 is 1.22 bits per heavy atom. The van der Waals surface area contributed by atoms with Crippen LogP contribution in [0.3, 0.4) is 0 Å². The van der Waals surface area contributed by atoms with E-state index in [0.29, 0.717) is 11.7 Å². The van der Waals surface area contributed by atoms with Crippen LogP contribution in [0.4, 0.5) is 0 Å². The highest BCUT2D eigenvalue weighted by atomic mass is 16.5. The first-order chi connectivity index (χ1) is 13.1. The predicted molar refractivity (Wildman–Crippen MR) is 103 cm³/mol. The van der Waals surface area contributed by atoms with Crippen LogP contribution in [0.25, 0.3) is 0 Å². The van der Waals surface area contributed by atoms with Gasteiger partial charge in [-0.3, -0.25) is 4.90 Å². The van der Waals surface area contributed by atoms with Gasteiger partial charge in [0, 0.05) is 26.7 Å². The Bertz CT molecular complexity index is 732. The lowest BCUT2D eigenvalue weighted by Gasteiger charge is -2.33. The first-order valence-corrected chi connectivity index (χ1v) is 9.04. The van der Waals surface area contributed by atoms with Crippen LogP contribution in [0.1, 0.15) is 18.4 Å². The van der Waals surface area contributed by atoms with Gasteiger partial charge in [-0.2, -0.15) is 10.5 Å². The maximum absolute atomic E-state index is 9.01. The number of nitrogens with one attached hydrogen (secondary N) is 2. The molecule has 0 radical (unpaired) electrons. The number of hydrogen-bond donors (Lipinski definition) is 2. The van der Waals surface area contributed by atoms with Gasteiger partial charge in [0.05, 0.1) is 14.2 Å². The second-order valence-corrected chi connectivity index (χ2v) is 6.54. The van der Waals surface area contributed by atoms with Crippen molar-refractivity contribution in [3.63, 3.8) is 0 Å². The van der Waals surface area contributed by atoms with Gasteiger partial charge in [-0.05, 0) is 43.0 Å². The Balaban J connectivity index is 1.95. The molecule has 27 heavy (non-hydrogen) atoms. The molecular weight excluding hydrogens is 342 g/mol. The molecule has 0 saturated carbocycles. The highest BCUT2D eigenvalue weighted by Gasteiger charge is 2.21. The number of nitriles is 2. The summed E-state index contributed by atoms with van der Waals surface area (Å²) in [5, 5.41) is 24.1. The van der Waals surface area contributed by atoms with Gasteiger partial charge in [-0.15, -0.1) is 0 Å². The third kappa shape index (κ3) is 5.54. The summed E-state index contributed by atoms with van der Waals surface area (Å²) in [5.74, 6) is 2.44. The molecule has 7 heteroatoms. The van der Waals surface area contributed by atoms with Crippen molar-refractivity contribution in [1.82, 2.24) is 15.5 Å². The van der Waals surface area contributed by atoms with Crippen molar-refractivity contribution in [1.29, 1.82) is 10.5 Å². The zero-order chi connectivity index (χ0) is 19.6. The fraction of sp³-hybridized carbons (Fsp3) is 0.500. The van der Waals surface area contributed by atoms with E-state index in [4.69, 9.17) is 20.0 Å². The number of rotatable bonds is 8. The van der Waals surface area contributed by atoms with Crippen molar-refractivity contribution >= 4 is 0 Å². The number of ether oxygens (including phenoxy) is 2. The quantitative estimate of drug-likeness (QED) is 0.677. The number of hydrogen-bond acceptors (Lipinski definition) is 7. The van der Waals surface area contributed by atoms with Gasteiger partial charge in [-0.25, -0.2) is 0 Å². The van der Waals surface area contributed by atoms with Gasteiger partial charge >= 0.3 is 0 Å². The van der Waals surface area contributed by atoms with Crippen molar-refractivity contribution in [2.75, 3.05) is 40.9 Å². The molecule has 1 unspecified atom stereocenters. The number of nitrogens with zero attached hydrogens (tertiary/aromatic N) is 3. The fourth-order valence-corrected chi connectivity index (χ4v) is 3.38. The van der Waals surface area contributed by atoms with Crippen LogP contribution in [0.5, 0.6) is 11.5 Å². The number of allylic oxidation sites excluding steroid dienone is 1. The molecule has 1 heterocycles. The van der Waals surface area contributed by atoms with E-state index in [1.165, 1.54) is 5.56 Å². The molecule has 0 spiro atoms. The summed E-state index contributed by atoms with van der Waals surface area (Å²) in [6, 6.07) is 9.85. The second-order valence-electron chi connectivity index (χ2n) is 6.54. The molecular formula is C20H27N5O2. The van der Waals surface area contributed by atoms with Crippen molar-refractivity contribution < 1.29 is 9.47 Å². The summed E-state index contributed by atoms with van der Waals surface area (Å²) in [6.45, 7) is 3.60. The van der Waals surface area contributed by atoms with E-state index in [1.807, 2.05) is 24.3 Å². The molecule has 1 saturated heterocycles. The zero-order valence-electron chi connectivity index (χ0n) is 16.2. The Hall–Kier alpha value is -2.90. The van der Waals surface area contributed by atoms with Crippen LogP contribution in [-0.2, 0) is 6.54 Å². The van der Waals surface area contributed by atoms with E-state index in [-0.39, 0.29) is 5.57 Å².